The molecular formula is C16H22N2O4. The van der Waals surface area contributed by atoms with E-state index in [9.17, 15) is 9.90 Å². The van der Waals surface area contributed by atoms with Crippen LogP contribution in [-0.2, 0) is 4.79 Å². The Morgan fingerprint density at radius 1 is 1.41 bits per heavy atom. The van der Waals surface area contributed by atoms with Gasteiger partial charge in [-0.25, -0.2) is 0 Å². The van der Waals surface area contributed by atoms with Crippen LogP contribution in [0, 0.1) is 0 Å². The third-order valence-corrected chi connectivity index (χ3v) is 4.09. The number of nitrogens with one attached hydrogen (secondary N) is 1. The van der Waals surface area contributed by atoms with Gasteiger partial charge < -0.3 is 24.8 Å². The minimum Gasteiger partial charge on any atom is -0.486 e. The van der Waals surface area contributed by atoms with E-state index in [1.165, 1.54) is 0 Å². The second-order valence-electron chi connectivity index (χ2n) is 5.72. The van der Waals surface area contributed by atoms with Crippen LogP contribution in [0.1, 0.15) is 13.3 Å². The molecule has 6 nitrogen and oxygen atoms in total. The summed E-state index contributed by atoms with van der Waals surface area (Å²) in [5.41, 5.74) is 0. The van der Waals surface area contributed by atoms with Crippen molar-refractivity contribution in [2.24, 2.45) is 0 Å². The second kappa shape index (κ2) is 6.54. The number of ether oxygens (including phenoxy) is 2. The summed E-state index contributed by atoms with van der Waals surface area (Å²) in [5, 5.41) is 12.6. The van der Waals surface area contributed by atoms with Gasteiger partial charge in [-0.2, -0.15) is 0 Å². The molecule has 120 valence electrons. The van der Waals surface area contributed by atoms with Gasteiger partial charge in [-0.3, -0.25) is 4.79 Å². The fourth-order valence-corrected chi connectivity index (χ4v) is 2.90. The summed E-state index contributed by atoms with van der Waals surface area (Å²) in [7, 11) is 0. The van der Waals surface area contributed by atoms with Gasteiger partial charge in [-0.1, -0.05) is 12.1 Å². The van der Waals surface area contributed by atoms with E-state index in [1.54, 1.807) is 4.90 Å². The van der Waals surface area contributed by atoms with Gasteiger partial charge >= 0.3 is 0 Å². The molecule has 3 rings (SSSR count). The first-order chi connectivity index (χ1) is 10.7. The Balaban J connectivity index is 1.60. The van der Waals surface area contributed by atoms with Crippen molar-refractivity contribution in [1.82, 2.24) is 10.2 Å². The molecule has 6 heteroatoms. The number of likely N-dealkylation sites (N-methyl/N-ethyl adjacent to an activating group) is 1. The fourth-order valence-electron chi connectivity index (χ4n) is 2.90. The predicted molar refractivity (Wildman–Crippen MR) is 81.0 cm³/mol. The summed E-state index contributed by atoms with van der Waals surface area (Å²) in [6, 6.07) is 7.25. The number of β-amino-alcohol motifs (C(OH)–C–C–N with tert-alkyl or cyclic N) is 1. The van der Waals surface area contributed by atoms with Crippen molar-refractivity contribution in [2.75, 3.05) is 26.2 Å². The molecule has 1 fully saturated rings. The molecule has 2 aliphatic rings. The number of aliphatic hydroxyl groups excluding tert-OH is 1. The molecule has 0 aromatic heterocycles. The van der Waals surface area contributed by atoms with E-state index in [-0.39, 0.29) is 18.1 Å². The monoisotopic (exact) mass is 306 g/mol. The first kappa shape index (κ1) is 15.1. The maximum absolute atomic E-state index is 12.5. The van der Waals surface area contributed by atoms with E-state index in [1.807, 2.05) is 31.2 Å². The molecule has 1 aromatic rings. The number of nitrogens with zero attached hydrogens (tertiary/aromatic N) is 1. The molecule has 1 amide bonds. The average molecular weight is 306 g/mol. The van der Waals surface area contributed by atoms with Gasteiger partial charge in [0, 0.05) is 13.1 Å². The van der Waals surface area contributed by atoms with Gasteiger partial charge in [0.2, 0.25) is 5.91 Å². The van der Waals surface area contributed by atoms with Crippen LogP contribution in [-0.4, -0.2) is 60.4 Å². The number of carbonyl (C=O) groups excluding carboxylic acids is 1. The van der Waals surface area contributed by atoms with Gasteiger partial charge in [-0.15, -0.1) is 0 Å². The normalized spacial score (nSPS) is 26.7. The van der Waals surface area contributed by atoms with Gasteiger partial charge in [0.1, 0.15) is 6.61 Å². The molecule has 2 aliphatic heterocycles. The Morgan fingerprint density at radius 3 is 2.86 bits per heavy atom. The molecule has 0 unspecified atom stereocenters. The number of fused-ring (bicyclic) bond motifs is 1. The maximum atomic E-state index is 12.5. The molecule has 1 saturated heterocycles. The van der Waals surface area contributed by atoms with E-state index in [2.05, 4.69) is 5.32 Å². The lowest BCUT2D eigenvalue weighted by Gasteiger charge is -2.32. The van der Waals surface area contributed by atoms with Crippen LogP contribution < -0.4 is 14.8 Å². The smallest absolute Gasteiger partial charge is 0.239 e. The van der Waals surface area contributed by atoms with Gasteiger partial charge in [0.15, 0.2) is 17.6 Å². The number of carbonyl (C=O) groups is 1. The predicted octanol–water partition coefficient (Wildman–Crippen LogP) is 0.398. The van der Waals surface area contributed by atoms with Crippen molar-refractivity contribution in [3.05, 3.63) is 24.3 Å². The SMILES string of the molecule is CCN(C[C@@H]1COc2ccccc2O1)C(=O)[C@H]1C[C@H](O)CN1. The van der Waals surface area contributed by atoms with E-state index in [0.29, 0.717) is 32.7 Å². The number of benzene rings is 1. The van der Waals surface area contributed by atoms with Gasteiger partial charge in [-0.05, 0) is 25.5 Å². The standard InChI is InChI=1S/C16H22N2O4/c1-2-18(16(20)13-7-11(19)8-17-13)9-12-10-21-14-5-3-4-6-15(14)22-12/h3-6,11-13,17,19H,2,7-10H2,1H3/t11-,12+,13+/m0/s1. The van der Waals surface area contributed by atoms with Crippen molar-refractivity contribution < 1.29 is 19.4 Å². The summed E-state index contributed by atoms with van der Waals surface area (Å²) in [4.78, 5) is 14.3. The first-order valence-corrected chi connectivity index (χ1v) is 7.76. The highest BCUT2D eigenvalue weighted by Gasteiger charge is 2.32. The molecule has 0 spiro atoms. The summed E-state index contributed by atoms with van der Waals surface area (Å²) in [6.45, 7) is 3.94. The van der Waals surface area contributed by atoms with Crippen molar-refractivity contribution in [1.29, 1.82) is 0 Å². The second-order valence-corrected chi connectivity index (χ2v) is 5.72. The minimum atomic E-state index is -0.436. The molecule has 0 aliphatic carbocycles. The van der Waals surface area contributed by atoms with Crippen molar-refractivity contribution in [3.8, 4) is 11.5 Å². The summed E-state index contributed by atoms with van der Waals surface area (Å²) in [5.74, 6) is 1.48. The van der Waals surface area contributed by atoms with Crippen LogP contribution >= 0.6 is 0 Å². The van der Waals surface area contributed by atoms with Crippen LogP contribution in [0.3, 0.4) is 0 Å². The number of amides is 1. The Bertz CT molecular complexity index is 537. The first-order valence-electron chi connectivity index (χ1n) is 7.76. The average Bonchev–Trinajstić information content (AvgIpc) is 2.98. The van der Waals surface area contributed by atoms with Gasteiger partial charge in [0.25, 0.3) is 0 Å². The largest absolute Gasteiger partial charge is 0.486 e. The highest BCUT2D eigenvalue weighted by Crippen LogP contribution is 2.31. The number of para-hydroxylation sites is 2. The summed E-state index contributed by atoms with van der Waals surface area (Å²) < 4.78 is 11.6. The quantitative estimate of drug-likeness (QED) is 0.842. The van der Waals surface area contributed by atoms with Crippen LogP contribution in [0.2, 0.25) is 0 Å². The van der Waals surface area contributed by atoms with E-state index < -0.39 is 6.10 Å². The Labute approximate surface area is 130 Å². The zero-order valence-corrected chi connectivity index (χ0v) is 12.7. The molecule has 22 heavy (non-hydrogen) atoms. The maximum Gasteiger partial charge on any atom is 0.239 e. The minimum absolute atomic E-state index is 0.0153. The van der Waals surface area contributed by atoms with Gasteiger partial charge in [0.05, 0.1) is 18.7 Å². The molecule has 2 N–H and O–H groups in total. The van der Waals surface area contributed by atoms with Crippen molar-refractivity contribution in [3.63, 3.8) is 0 Å². The molecule has 0 radical (unpaired) electrons. The molecule has 0 saturated carbocycles. The highest BCUT2D eigenvalue weighted by atomic mass is 16.6. The fraction of sp³-hybridized carbons (Fsp3) is 0.562. The third-order valence-electron chi connectivity index (χ3n) is 4.09. The Hall–Kier alpha value is -1.79. The van der Waals surface area contributed by atoms with Crippen LogP contribution in [0.15, 0.2) is 24.3 Å². The third kappa shape index (κ3) is 3.18. The summed E-state index contributed by atoms with van der Waals surface area (Å²) >= 11 is 0. The Kier molecular flexibility index (Phi) is 4.49. The number of rotatable bonds is 4. The van der Waals surface area contributed by atoms with E-state index in [4.69, 9.17) is 9.47 Å². The van der Waals surface area contributed by atoms with Crippen molar-refractivity contribution in [2.45, 2.75) is 31.6 Å². The lowest BCUT2D eigenvalue weighted by atomic mass is 10.1. The zero-order chi connectivity index (χ0) is 15.5. The van der Waals surface area contributed by atoms with Crippen molar-refractivity contribution >= 4 is 5.91 Å². The lowest BCUT2D eigenvalue weighted by Crippen LogP contribution is -2.49. The molecule has 2 heterocycles. The molecule has 1 aromatic carbocycles. The number of hydrogen-bond donors (Lipinski definition) is 2. The van der Waals surface area contributed by atoms with E-state index in [0.717, 1.165) is 11.5 Å². The topological polar surface area (TPSA) is 71.0 Å². The highest BCUT2D eigenvalue weighted by molar-refractivity contribution is 5.82. The van der Waals surface area contributed by atoms with Crippen LogP contribution in [0.4, 0.5) is 0 Å². The molecular weight excluding hydrogens is 284 g/mol. The number of aliphatic hydroxyl groups is 1. The van der Waals surface area contributed by atoms with Crippen LogP contribution in [0.25, 0.3) is 0 Å². The molecule has 3 atom stereocenters. The summed E-state index contributed by atoms with van der Waals surface area (Å²) in [6.07, 6.45) is -0.140. The Morgan fingerprint density at radius 2 is 2.18 bits per heavy atom. The molecule has 0 bridgehead atoms. The van der Waals surface area contributed by atoms with E-state index >= 15 is 0 Å². The lowest BCUT2D eigenvalue weighted by molar-refractivity contribution is -0.134. The van der Waals surface area contributed by atoms with Crippen LogP contribution in [0.5, 0.6) is 11.5 Å². The number of hydrogen-bond acceptors (Lipinski definition) is 5. The zero-order valence-electron chi connectivity index (χ0n) is 12.7.